The van der Waals surface area contributed by atoms with Crippen molar-refractivity contribution in [3.63, 3.8) is 0 Å². The van der Waals surface area contributed by atoms with Gasteiger partial charge in [0.2, 0.25) is 0 Å². The molecule has 1 saturated heterocycles. The van der Waals surface area contributed by atoms with Gasteiger partial charge in [-0.2, -0.15) is 0 Å². The Balaban J connectivity index is 1.88. The molecule has 1 aromatic carbocycles. The van der Waals surface area contributed by atoms with E-state index in [0.29, 0.717) is 19.6 Å². The molecule has 100 valence electrons. The first-order valence-corrected chi connectivity index (χ1v) is 6.11. The Labute approximate surface area is 104 Å². The topological polar surface area (TPSA) is 12.5 Å². The van der Waals surface area contributed by atoms with Gasteiger partial charge >= 0.3 is 0 Å². The monoisotopic (exact) mass is 259 g/mol. The first-order valence-electron chi connectivity index (χ1n) is 6.11. The van der Waals surface area contributed by atoms with Crippen molar-refractivity contribution in [2.45, 2.75) is 12.8 Å². The fraction of sp³-hybridized carbons (Fsp3) is 0.538. The maximum atomic E-state index is 13.4. The molecule has 0 atom stereocenters. The Morgan fingerprint density at radius 2 is 1.72 bits per heavy atom. The summed E-state index contributed by atoms with van der Waals surface area (Å²) in [7, 11) is 0. The average molecular weight is 259 g/mol. The Bertz CT molecular complexity index is 405. The van der Waals surface area contributed by atoms with E-state index in [9.17, 15) is 13.2 Å². The fourth-order valence-electron chi connectivity index (χ4n) is 2.10. The molecule has 18 heavy (non-hydrogen) atoms. The summed E-state index contributed by atoms with van der Waals surface area (Å²) in [6.07, 6.45) is 0.823. The van der Waals surface area contributed by atoms with E-state index >= 15 is 0 Å². The van der Waals surface area contributed by atoms with Gasteiger partial charge < -0.3 is 4.74 Å². The van der Waals surface area contributed by atoms with E-state index in [-0.39, 0.29) is 12.0 Å². The van der Waals surface area contributed by atoms with Crippen molar-refractivity contribution < 1.29 is 17.9 Å². The van der Waals surface area contributed by atoms with Gasteiger partial charge in [0.15, 0.2) is 11.6 Å². The highest BCUT2D eigenvalue weighted by atomic mass is 19.2. The number of benzene rings is 1. The lowest BCUT2D eigenvalue weighted by atomic mass is 10.1. The van der Waals surface area contributed by atoms with Crippen LogP contribution in [0.4, 0.5) is 13.2 Å². The molecule has 1 aliphatic heterocycles. The average Bonchev–Trinajstić information content (AvgIpc) is 2.39. The first kappa shape index (κ1) is 13.4. The Morgan fingerprint density at radius 3 is 2.44 bits per heavy atom. The molecule has 2 rings (SSSR count). The second-order valence-corrected chi connectivity index (χ2v) is 4.38. The van der Waals surface area contributed by atoms with E-state index in [1.54, 1.807) is 0 Å². The van der Waals surface area contributed by atoms with E-state index in [4.69, 9.17) is 4.74 Å². The van der Waals surface area contributed by atoms with Crippen LogP contribution in [0, 0.1) is 17.5 Å². The zero-order valence-corrected chi connectivity index (χ0v) is 10.1. The number of morpholine rings is 1. The number of ether oxygens (including phenoxy) is 1. The lowest BCUT2D eigenvalue weighted by Gasteiger charge is -2.26. The highest BCUT2D eigenvalue weighted by Gasteiger charge is 2.15. The van der Waals surface area contributed by atoms with Crippen molar-refractivity contribution in [2.75, 3.05) is 32.8 Å². The van der Waals surface area contributed by atoms with Gasteiger partial charge in [-0.25, -0.2) is 13.2 Å². The standard InChI is InChI=1S/C13H16F3NO/c14-11-3-4-12(15)13(16)10(11)2-1-5-17-6-8-18-9-7-17/h3-4H,1-2,5-9H2. The number of halogens is 3. The lowest BCUT2D eigenvalue weighted by Crippen LogP contribution is -2.37. The summed E-state index contributed by atoms with van der Waals surface area (Å²) in [6, 6.07) is 1.79. The molecule has 0 spiro atoms. The molecule has 1 heterocycles. The minimum atomic E-state index is -1.06. The largest absolute Gasteiger partial charge is 0.379 e. The van der Waals surface area contributed by atoms with Crippen LogP contribution in [0.15, 0.2) is 12.1 Å². The van der Waals surface area contributed by atoms with Gasteiger partial charge in [0.05, 0.1) is 13.2 Å². The van der Waals surface area contributed by atoms with Crippen LogP contribution in [0.5, 0.6) is 0 Å². The van der Waals surface area contributed by atoms with Gasteiger partial charge in [0, 0.05) is 18.7 Å². The molecule has 0 radical (unpaired) electrons. The molecule has 0 saturated carbocycles. The molecule has 0 aliphatic carbocycles. The second kappa shape index (κ2) is 6.20. The number of hydrogen-bond acceptors (Lipinski definition) is 2. The third-order valence-electron chi connectivity index (χ3n) is 3.14. The van der Waals surface area contributed by atoms with Crippen molar-refractivity contribution in [3.05, 3.63) is 35.1 Å². The summed E-state index contributed by atoms with van der Waals surface area (Å²) in [5, 5.41) is 0. The van der Waals surface area contributed by atoms with Gasteiger partial charge in [-0.1, -0.05) is 0 Å². The molecule has 1 fully saturated rings. The van der Waals surface area contributed by atoms with Crippen molar-refractivity contribution in [1.29, 1.82) is 0 Å². The van der Waals surface area contributed by atoms with E-state index in [1.807, 2.05) is 0 Å². The van der Waals surface area contributed by atoms with Crippen molar-refractivity contribution in [1.82, 2.24) is 4.90 Å². The van der Waals surface area contributed by atoms with Crippen LogP contribution in [0.1, 0.15) is 12.0 Å². The minimum absolute atomic E-state index is 0.150. The van der Waals surface area contributed by atoms with Crippen LogP contribution in [-0.2, 0) is 11.2 Å². The van der Waals surface area contributed by atoms with Gasteiger partial charge in [-0.05, 0) is 31.5 Å². The van der Waals surface area contributed by atoms with E-state index in [0.717, 1.165) is 31.8 Å². The molecule has 0 amide bonds. The summed E-state index contributed by atoms with van der Waals surface area (Å²) in [6.45, 7) is 3.83. The molecule has 5 heteroatoms. The highest BCUT2D eigenvalue weighted by molar-refractivity contribution is 5.21. The number of nitrogens with zero attached hydrogens (tertiary/aromatic N) is 1. The van der Waals surface area contributed by atoms with Crippen LogP contribution in [0.25, 0.3) is 0 Å². The summed E-state index contributed by atoms with van der Waals surface area (Å²) >= 11 is 0. The van der Waals surface area contributed by atoms with Crippen LogP contribution in [-0.4, -0.2) is 37.7 Å². The molecule has 1 aliphatic rings. The predicted octanol–water partition coefficient (Wildman–Crippen LogP) is 2.37. The quantitative estimate of drug-likeness (QED) is 0.770. The van der Waals surface area contributed by atoms with Crippen LogP contribution in [0.2, 0.25) is 0 Å². The summed E-state index contributed by atoms with van der Waals surface area (Å²) < 4.78 is 44.9. The Hall–Kier alpha value is -1.07. The summed E-state index contributed by atoms with van der Waals surface area (Å²) in [4.78, 5) is 2.18. The molecule has 0 aromatic heterocycles. The van der Waals surface area contributed by atoms with Crippen LogP contribution in [0.3, 0.4) is 0 Å². The molecule has 1 aromatic rings. The molecule has 0 bridgehead atoms. The third-order valence-corrected chi connectivity index (χ3v) is 3.14. The maximum absolute atomic E-state index is 13.4. The fourth-order valence-corrected chi connectivity index (χ4v) is 2.10. The zero-order chi connectivity index (χ0) is 13.0. The Morgan fingerprint density at radius 1 is 1.06 bits per heavy atom. The highest BCUT2D eigenvalue weighted by Crippen LogP contribution is 2.17. The molecule has 2 nitrogen and oxygen atoms in total. The second-order valence-electron chi connectivity index (χ2n) is 4.38. The van der Waals surface area contributed by atoms with Crippen LogP contribution >= 0.6 is 0 Å². The normalized spacial score (nSPS) is 17.1. The SMILES string of the molecule is Fc1ccc(F)c(CCCN2CCOCC2)c1F. The van der Waals surface area contributed by atoms with Gasteiger partial charge in [-0.3, -0.25) is 4.90 Å². The Kier molecular flexibility index (Phi) is 4.60. The summed E-state index contributed by atoms with van der Waals surface area (Å²) in [5.41, 5.74) is -0.150. The number of rotatable bonds is 4. The summed E-state index contributed by atoms with van der Waals surface area (Å²) in [5.74, 6) is -2.72. The first-order chi connectivity index (χ1) is 8.68. The predicted molar refractivity (Wildman–Crippen MR) is 61.9 cm³/mol. The molecular weight excluding hydrogens is 243 g/mol. The van der Waals surface area contributed by atoms with E-state index < -0.39 is 17.5 Å². The van der Waals surface area contributed by atoms with Crippen molar-refractivity contribution in [2.24, 2.45) is 0 Å². The molecule has 0 N–H and O–H groups in total. The maximum Gasteiger partial charge on any atom is 0.164 e. The van der Waals surface area contributed by atoms with Crippen LogP contribution < -0.4 is 0 Å². The van der Waals surface area contributed by atoms with Crippen molar-refractivity contribution >= 4 is 0 Å². The smallest absolute Gasteiger partial charge is 0.164 e. The third kappa shape index (κ3) is 3.23. The number of hydrogen-bond donors (Lipinski definition) is 0. The van der Waals surface area contributed by atoms with Gasteiger partial charge in [0.1, 0.15) is 5.82 Å². The van der Waals surface area contributed by atoms with E-state index in [1.165, 1.54) is 0 Å². The van der Waals surface area contributed by atoms with Gasteiger partial charge in [0.25, 0.3) is 0 Å². The van der Waals surface area contributed by atoms with Gasteiger partial charge in [-0.15, -0.1) is 0 Å². The minimum Gasteiger partial charge on any atom is -0.379 e. The molecular formula is C13H16F3NO. The zero-order valence-electron chi connectivity index (χ0n) is 10.1. The molecule has 0 unspecified atom stereocenters. The lowest BCUT2D eigenvalue weighted by molar-refractivity contribution is 0.0374. The van der Waals surface area contributed by atoms with E-state index in [2.05, 4.69) is 4.90 Å². The van der Waals surface area contributed by atoms with Crippen molar-refractivity contribution in [3.8, 4) is 0 Å².